The first kappa shape index (κ1) is 12.3. The molecule has 2 saturated heterocycles. The maximum absolute atomic E-state index is 11.9. The van der Waals surface area contributed by atoms with Crippen LogP contribution in [-0.2, 0) is 14.3 Å². The summed E-state index contributed by atoms with van der Waals surface area (Å²) in [7, 11) is 1.94. The highest BCUT2D eigenvalue weighted by Crippen LogP contribution is 2.23. The van der Waals surface area contributed by atoms with Gasteiger partial charge in [0.15, 0.2) is 6.04 Å². The largest absolute Gasteiger partial charge is 0.480 e. The Labute approximate surface area is 100 Å². The number of carboxylic acid groups (broad SMARTS) is 1. The first-order valence-electron chi connectivity index (χ1n) is 5.93. The molecular weight excluding hydrogens is 224 g/mol. The van der Waals surface area contributed by atoms with Gasteiger partial charge >= 0.3 is 5.97 Å². The third kappa shape index (κ3) is 2.42. The topological polar surface area (TPSA) is 70.1 Å². The fourth-order valence-corrected chi connectivity index (χ4v) is 2.56. The van der Waals surface area contributed by atoms with E-state index in [-0.39, 0.29) is 25.3 Å². The predicted molar refractivity (Wildman–Crippen MR) is 59.4 cm³/mol. The number of nitrogens with zero attached hydrogens (tertiary/aromatic N) is 2. The van der Waals surface area contributed by atoms with E-state index in [0.29, 0.717) is 0 Å². The molecule has 0 aliphatic carbocycles. The molecule has 96 valence electrons. The van der Waals surface area contributed by atoms with E-state index in [4.69, 9.17) is 9.84 Å². The summed E-state index contributed by atoms with van der Waals surface area (Å²) >= 11 is 0. The van der Waals surface area contributed by atoms with E-state index in [0.717, 1.165) is 25.8 Å². The third-order valence-corrected chi connectivity index (χ3v) is 3.46. The lowest BCUT2D eigenvalue weighted by Crippen LogP contribution is -2.62. The molecule has 2 atom stereocenters. The normalized spacial score (nSPS) is 31.6. The molecule has 2 aliphatic heterocycles. The lowest BCUT2D eigenvalue weighted by atomic mass is 10.0. The molecule has 0 aromatic heterocycles. The summed E-state index contributed by atoms with van der Waals surface area (Å²) in [5, 5.41) is 9.15. The minimum Gasteiger partial charge on any atom is -0.480 e. The van der Waals surface area contributed by atoms with Crippen LogP contribution in [-0.4, -0.2) is 65.8 Å². The van der Waals surface area contributed by atoms with Crippen LogP contribution in [0.1, 0.15) is 19.3 Å². The van der Waals surface area contributed by atoms with Gasteiger partial charge in [0.2, 0.25) is 0 Å². The second-order valence-electron chi connectivity index (χ2n) is 4.63. The van der Waals surface area contributed by atoms with Gasteiger partial charge in [-0.3, -0.25) is 9.69 Å². The molecule has 6 nitrogen and oxygen atoms in total. The highest BCUT2D eigenvalue weighted by Gasteiger charge is 2.40. The van der Waals surface area contributed by atoms with E-state index < -0.39 is 12.0 Å². The average molecular weight is 242 g/mol. The minimum absolute atomic E-state index is 0.00583. The van der Waals surface area contributed by atoms with Gasteiger partial charge in [-0.05, 0) is 32.9 Å². The van der Waals surface area contributed by atoms with Gasteiger partial charge in [-0.25, -0.2) is 4.79 Å². The van der Waals surface area contributed by atoms with E-state index in [1.165, 1.54) is 4.90 Å². The Kier molecular flexibility index (Phi) is 3.63. The molecule has 0 aromatic carbocycles. The van der Waals surface area contributed by atoms with Gasteiger partial charge in [0.05, 0.1) is 12.8 Å². The van der Waals surface area contributed by atoms with Crippen molar-refractivity contribution >= 4 is 11.9 Å². The Bertz CT molecular complexity index is 321. The molecule has 0 aromatic rings. The number of hydrogen-bond donors (Lipinski definition) is 1. The standard InChI is InChI=1S/C11H18N2O4/c1-12-5-3-2-4-9(12)13-8(11(15)16)6-17-7-10(13)14/h8-9H,2-7H2,1H3,(H,15,16). The summed E-state index contributed by atoms with van der Waals surface area (Å²) in [5.74, 6) is -1.21. The van der Waals surface area contributed by atoms with Gasteiger partial charge in [0.1, 0.15) is 6.61 Å². The zero-order valence-corrected chi connectivity index (χ0v) is 9.96. The van der Waals surface area contributed by atoms with Gasteiger partial charge in [-0.2, -0.15) is 0 Å². The van der Waals surface area contributed by atoms with Crippen LogP contribution in [0.25, 0.3) is 0 Å². The summed E-state index contributed by atoms with van der Waals surface area (Å²) in [5.41, 5.74) is 0. The summed E-state index contributed by atoms with van der Waals surface area (Å²) in [6, 6.07) is -0.846. The maximum Gasteiger partial charge on any atom is 0.328 e. The Balaban J connectivity index is 2.18. The van der Waals surface area contributed by atoms with Crippen molar-refractivity contribution in [3.05, 3.63) is 0 Å². The molecule has 2 rings (SSSR count). The number of rotatable bonds is 2. The van der Waals surface area contributed by atoms with Crippen LogP contribution in [0.3, 0.4) is 0 Å². The summed E-state index contributed by atoms with van der Waals surface area (Å²) in [4.78, 5) is 26.6. The maximum atomic E-state index is 11.9. The highest BCUT2D eigenvalue weighted by atomic mass is 16.5. The number of carboxylic acids is 1. The zero-order valence-electron chi connectivity index (χ0n) is 9.96. The summed E-state index contributed by atoms with van der Waals surface area (Å²) < 4.78 is 5.02. The quantitative estimate of drug-likeness (QED) is 0.722. The van der Waals surface area contributed by atoms with Crippen molar-refractivity contribution in [1.29, 1.82) is 0 Å². The lowest BCUT2D eigenvalue weighted by Gasteiger charge is -2.44. The van der Waals surface area contributed by atoms with E-state index in [9.17, 15) is 9.59 Å². The first-order chi connectivity index (χ1) is 8.11. The predicted octanol–water partition coefficient (Wildman–Crippen LogP) is -0.260. The van der Waals surface area contributed by atoms with Crippen molar-refractivity contribution in [3.8, 4) is 0 Å². The van der Waals surface area contributed by atoms with Crippen molar-refractivity contribution in [2.24, 2.45) is 0 Å². The highest BCUT2D eigenvalue weighted by molar-refractivity contribution is 5.85. The average Bonchev–Trinajstić information content (AvgIpc) is 2.30. The molecule has 2 unspecified atom stereocenters. The van der Waals surface area contributed by atoms with E-state index in [1.54, 1.807) is 0 Å². The Morgan fingerprint density at radius 2 is 2.24 bits per heavy atom. The number of carbonyl (C=O) groups is 2. The second kappa shape index (κ2) is 5.01. The fourth-order valence-electron chi connectivity index (χ4n) is 2.56. The minimum atomic E-state index is -0.989. The number of carbonyl (C=O) groups excluding carboxylic acids is 1. The van der Waals surface area contributed by atoms with Crippen LogP contribution < -0.4 is 0 Å². The smallest absolute Gasteiger partial charge is 0.328 e. The number of amides is 1. The fraction of sp³-hybridized carbons (Fsp3) is 0.818. The summed E-state index contributed by atoms with van der Waals surface area (Å²) in [6.45, 7) is 0.987. The monoisotopic (exact) mass is 242 g/mol. The molecule has 6 heteroatoms. The number of aliphatic carboxylic acids is 1. The van der Waals surface area contributed by atoms with Crippen molar-refractivity contribution in [2.75, 3.05) is 26.8 Å². The molecule has 2 fully saturated rings. The number of hydrogen-bond acceptors (Lipinski definition) is 4. The third-order valence-electron chi connectivity index (χ3n) is 3.46. The van der Waals surface area contributed by atoms with Crippen LogP contribution in [0.4, 0.5) is 0 Å². The van der Waals surface area contributed by atoms with Crippen molar-refractivity contribution in [3.63, 3.8) is 0 Å². The molecule has 0 spiro atoms. The Morgan fingerprint density at radius 1 is 1.47 bits per heavy atom. The lowest BCUT2D eigenvalue weighted by molar-refractivity contribution is -0.172. The van der Waals surface area contributed by atoms with Crippen molar-refractivity contribution in [1.82, 2.24) is 9.80 Å². The van der Waals surface area contributed by atoms with E-state index in [1.807, 2.05) is 7.05 Å². The van der Waals surface area contributed by atoms with Crippen LogP contribution in [0.5, 0.6) is 0 Å². The zero-order chi connectivity index (χ0) is 12.4. The molecule has 17 heavy (non-hydrogen) atoms. The first-order valence-corrected chi connectivity index (χ1v) is 5.93. The number of ether oxygens (including phenoxy) is 1. The van der Waals surface area contributed by atoms with Crippen molar-refractivity contribution in [2.45, 2.75) is 31.5 Å². The van der Waals surface area contributed by atoms with Crippen LogP contribution in [0.2, 0.25) is 0 Å². The molecule has 2 aliphatic rings. The molecule has 0 saturated carbocycles. The van der Waals surface area contributed by atoms with Gasteiger partial charge in [-0.15, -0.1) is 0 Å². The van der Waals surface area contributed by atoms with Gasteiger partial charge in [0.25, 0.3) is 5.91 Å². The Hall–Kier alpha value is -1.14. The molecule has 2 heterocycles. The van der Waals surface area contributed by atoms with Gasteiger partial charge < -0.3 is 14.7 Å². The SMILES string of the molecule is CN1CCCCC1N1C(=O)COCC1C(=O)O. The molecule has 0 bridgehead atoms. The van der Waals surface area contributed by atoms with Gasteiger partial charge in [-0.1, -0.05) is 0 Å². The van der Waals surface area contributed by atoms with Crippen LogP contribution in [0.15, 0.2) is 0 Å². The number of piperidine rings is 1. The van der Waals surface area contributed by atoms with E-state index in [2.05, 4.69) is 4.90 Å². The summed E-state index contributed by atoms with van der Waals surface area (Å²) in [6.07, 6.45) is 2.88. The molecule has 0 radical (unpaired) electrons. The van der Waals surface area contributed by atoms with Crippen molar-refractivity contribution < 1.29 is 19.4 Å². The number of likely N-dealkylation sites (tertiary alicyclic amines) is 1. The number of morpholine rings is 1. The van der Waals surface area contributed by atoms with E-state index >= 15 is 0 Å². The van der Waals surface area contributed by atoms with Gasteiger partial charge in [0, 0.05) is 0 Å². The second-order valence-corrected chi connectivity index (χ2v) is 4.63. The molecular formula is C11H18N2O4. The van der Waals surface area contributed by atoms with Crippen LogP contribution >= 0.6 is 0 Å². The molecule has 1 N–H and O–H groups in total. The Morgan fingerprint density at radius 3 is 2.88 bits per heavy atom. The van der Waals surface area contributed by atoms with Crippen LogP contribution in [0, 0.1) is 0 Å². The molecule has 1 amide bonds.